The zero-order chi connectivity index (χ0) is 14.0. The fourth-order valence-corrected chi connectivity index (χ4v) is 2.25. The molecule has 1 aliphatic rings. The zero-order valence-electron chi connectivity index (χ0n) is 11.8. The molecule has 1 atom stereocenters. The van der Waals surface area contributed by atoms with Crippen molar-refractivity contribution in [3.05, 3.63) is 42.0 Å². The maximum absolute atomic E-state index is 10.2. The third-order valence-corrected chi connectivity index (χ3v) is 3.07. The molecule has 102 valence electrons. The number of fused-ring (bicyclic) bond motifs is 1. The van der Waals surface area contributed by atoms with E-state index in [4.69, 9.17) is 9.47 Å². The molecule has 2 rings (SSSR count). The van der Waals surface area contributed by atoms with Gasteiger partial charge in [-0.2, -0.15) is 0 Å². The van der Waals surface area contributed by atoms with E-state index in [2.05, 4.69) is 0 Å². The number of hydrogen-bond donors (Lipinski definition) is 1. The summed E-state index contributed by atoms with van der Waals surface area (Å²) in [4.78, 5) is 0. The lowest BCUT2D eigenvalue weighted by atomic mass is 9.91. The van der Waals surface area contributed by atoms with Crippen molar-refractivity contribution >= 4 is 5.57 Å². The van der Waals surface area contributed by atoms with Crippen molar-refractivity contribution in [1.29, 1.82) is 0 Å². The summed E-state index contributed by atoms with van der Waals surface area (Å²) in [6, 6.07) is 5.64. The van der Waals surface area contributed by atoms with Crippen molar-refractivity contribution in [3.63, 3.8) is 0 Å². The van der Waals surface area contributed by atoms with Gasteiger partial charge in [0.2, 0.25) is 0 Å². The maximum atomic E-state index is 10.2. The Bertz CT molecular complexity index is 527. The van der Waals surface area contributed by atoms with E-state index in [1.165, 1.54) is 0 Å². The topological polar surface area (TPSA) is 38.7 Å². The number of benzene rings is 1. The first-order valence-electron chi connectivity index (χ1n) is 6.38. The van der Waals surface area contributed by atoms with Gasteiger partial charge in [-0.15, -0.1) is 0 Å². The normalized spacial score (nSPS) is 18.5. The van der Waals surface area contributed by atoms with Crippen molar-refractivity contribution < 1.29 is 14.6 Å². The highest BCUT2D eigenvalue weighted by Gasteiger charge is 2.29. The Labute approximate surface area is 114 Å². The van der Waals surface area contributed by atoms with Crippen LogP contribution in [0.4, 0.5) is 0 Å². The molecular weight excluding hydrogens is 240 g/mol. The molecule has 0 aromatic heterocycles. The molecule has 1 aromatic rings. The number of methoxy groups -OCH3 is 1. The van der Waals surface area contributed by atoms with Crippen LogP contribution in [-0.2, 0) is 0 Å². The van der Waals surface area contributed by atoms with Gasteiger partial charge in [-0.1, -0.05) is 12.2 Å². The average molecular weight is 260 g/mol. The van der Waals surface area contributed by atoms with Gasteiger partial charge < -0.3 is 14.6 Å². The van der Waals surface area contributed by atoms with Gasteiger partial charge >= 0.3 is 0 Å². The summed E-state index contributed by atoms with van der Waals surface area (Å²) in [5, 5.41) is 10.2. The predicted octanol–water partition coefficient (Wildman–Crippen LogP) is 3.19. The summed E-state index contributed by atoms with van der Waals surface area (Å²) < 4.78 is 11.1. The lowest BCUT2D eigenvalue weighted by Crippen LogP contribution is -2.30. The molecular formula is C16H20O3. The molecule has 0 saturated heterocycles. The minimum atomic E-state index is -0.625. The predicted molar refractivity (Wildman–Crippen MR) is 76.5 cm³/mol. The van der Waals surface area contributed by atoms with Gasteiger partial charge in [0, 0.05) is 11.6 Å². The van der Waals surface area contributed by atoms with Crippen molar-refractivity contribution in [1.82, 2.24) is 0 Å². The van der Waals surface area contributed by atoms with E-state index in [-0.39, 0.29) is 0 Å². The van der Waals surface area contributed by atoms with Gasteiger partial charge in [-0.25, -0.2) is 0 Å². The monoisotopic (exact) mass is 260 g/mol. The number of hydrogen-bond acceptors (Lipinski definition) is 3. The number of aliphatic hydroxyl groups is 1. The molecule has 0 aliphatic carbocycles. The van der Waals surface area contributed by atoms with E-state index in [0.29, 0.717) is 0 Å². The smallest absolute Gasteiger partial charge is 0.131 e. The molecule has 3 nitrogen and oxygen atoms in total. The molecule has 1 aromatic carbocycles. The van der Waals surface area contributed by atoms with Crippen LogP contribution >= 0.6 is 0 Å². The molecule has 0 radical (unpaired) electrons. The lowest BCUT2D eigenvalue weighted by Gasteiger charge is -2.32. The fourth-order valence-electron chi connectivity index (χ4n) is 2.25. The first-order valence-corrected chi connectivity index (χ1v) is 6.38. The number of rotatable bonds is 3. The number of ether oxygens (including phenoxy) is 2. The SMILES string of the molecule is C/C=C/C(O)C1=CC(C)(C)Oc2cc(OC)ccc21. The minimum absolute atomic E-state index is 0.447. The largest absolute Gasteiger partial charge is 0.497 e. The zero-order valence-corrected chi connectivity index (χ0v) is 11.8. The second kappa shape index (κ2) is 5.10. The van der Waals surface area contributed by atoms with Gasteiger partial charge in [0.15, 0.2) is 0 Å². The summed E-state index contributed by atoms with van der Waals surface area (Å²) in [6.07, 6.45) is 4.95. The average Bonchev–Trinajstić information content (AvgIpc) is 2.36. The maximum Gasteiger partial charge on any atom is 0.131 e. The van der Waals surface area contributed by atoms with Crippen LogP contribution in [-0.4, -0.2) is 23.9 Å². The third kappa shape index (κ3) is 2.82. The molecule has 3 heteroatoms. The molecule has 19 heavy (non-hydrogen) atoms. The molecule has 1 aliphatic heterocycles. The molecule has 0 amide bonds. The highest BCUT2D eigenvalue weighted by molar-refractivity contribution is 5.77. The van der Waals surface area contributed by atoms with Crippen molar-refractivity contribution in [2.24, 2.45) is 0 Å². The van der Waals surface area contributed by atoms with Gasteiger partial charge in [-0.05, 0) is 44.6 Å². The standard InChI is InChI=1S/C16H20O3/c1-5-6-14(17)13-10-16(2,3)19-15-9-11(18-4)7-8-12(13)15/h5-10,14,17H,1-4H3/b6-5+. The summed E-state index contributed by atoms with van der Waals surface area (Å²) in [5.74, 6) is 1.49. The van der Waals surface area contributed by atoms with Crippen LogP contribution in [0, 0.1) is 0 Å². The third-order valence-electron chi connectivity index (χ3n) is 3.07. The van der Waals surface area contributed by atoms with Crippen LogP contribution in [0.1, 0.15) is 26.3 Å². The Morgan fingerprint density at radius 3 is 2.74 bits per heavy atom. The molecule has 1 unspecified atom stereocenters. The molecule has 0 bridgehead atoms. The summed E-state index contributed by atoms with van der Waals surface area (Å²) in [5.41, 5.74) is 1.33. The van der Waals surface area contributed by atoms with E-state index in [1.54, 1.807) is 13.2 Å². The highest BCUT2D eigenvalue weighted by Crippen LogP contribution is 2.39. The Morgan fingerprint density at radius 2 is 2.11 bits per heavy atom. The molecule has 1 N–H and O–H groups in total. The van der Waals surface area contributed by atoms with Crippen molar-refractivity contribution in [3.8, 4) is 11.5 Å². The van der Waals surface area contributed by atoms with E-state index in [9.17, 15) is 5.11 Å². The van der Waals surface area contributed by atoms with Crippen LogP contribution in [0.2, 0.25) is 0 Å². The Kier molecular flexibility index (Phi) is 3.67. The van der Waals surface area contributed by atoms with E-state index in [0.717, 1.165) is 22.6 Å². The first kappa shape index (κ1) is 13.7. The molecule has 0 saturated carbocycles. The molecule has 0 fully saturated rings. The molecule has 0 spiro atoms. The second-order valence-corrected chi connectivity index (χ2v) is 5.14. The van der Waals surface area contributed by atoms with Crippen LogP contribution in [0.25, 0.3) is 5.57 Å². The fraction of sp³-hybridized carbons (Fsp3) is 0.375. The highest BCUT2D eigenvalue weighted by atomic mass is 16.5. The number of allylic oxidation sites excluding steroid dienone is 1. The van der Waals surface area contributed by atoms with Crippen LogP contribution in [0.3, 0.4) is 0 Å². The van der Waals surface area contributed by atoms with E-state index >= 15 is 0 Å². The minimum Gasteiger partial charge on any atom is -0.497 e. The van der Waals surface area contributed by atoms with Crippen molar-refractivity contribution in [2.45, 2.75) is 32.5 Å². The van der Waals surface area contributed by atoms with E-state index in [1.807, 2.05) is 51.1 Å². The Morgan fingerprint density at radius 1 is 1.37 bits per heavy atom. The van der Waals surface area contributed by atoms with Gasteiger partial charge in [0.1, 0.15) is 17.1 Å². The van der Waals surface area contributed by atoms with Gasteiger partial charge in [0.05, 0.1) is 13.2 Å². The lowest BCUT2D eigenvalue weighted by molar-refractivity contribution is 0.154. The Balaban J connectivity index is 2.51. The van der Waals surface area contributed by atoms with Crippen LogP contribution in [0.15, 0.2) is 36.4 Å². The summed E-state index contributed by atoms with van der Waals surface area (Å²) in [7, 11) is 1.63. The van der Waals surface area contributed by atoms with Crippen molar-refractivity contribution in [2.75, 3.05) is 7.11 Å². The second-order valence-electron chi connectivity index (χ2n) is 5.14. The molecule has 1 heterocycles. The quantitative estimate of drug-likeness (QED) is 0.848. The van der Waals surface area contributed by atoms with Gasteiger partial charge in [0.25, 0.3) is 0 Å². The summed E-state index contributed by atoms with van der Waals surface area (Å²) in [6.45, 7) is 5.83. The van der Waals surface area contributed by atoms with E-state index < -0.39 is 11.7 Å². The van der Waals surface area contributed by atoms with Gasteiger partial charge in [-0.3, -0.25) is 0 Å². The summed E-state index contributed by atoms with van der Waals surface area (Å²) >= 11 is 0. The number of aliphatic hydroxyl groups excluding tert-OH is 1. The van der Waals surface area contributed by atoms with Crippen LogP contribution < -0.4 is 9.47 Å². The Hall–Kier alpha value is -1.74. The first-order chi connectivity index (χ1) is 8.96. The van der Waals surface area contributed by atoms with Crippen LogP contribution in [0.5, 0.6) is 11.5 Å².